The number of benzene rings is 11. The quantitative estimate of drug-likeness (QED) is 0.150. The van der Waals surface area contributed by atoms with E-state index in [4.69, 9.17) is 19.4 Å². The summed E-state index contributed by atoms with van der Waals surface area (Å²) in [4.78, 5) is 15.9. The third kappa shape index (κ3) is 6.74. The molecule has 4 heteroatoms. The van der Waals surface area contributed by atoms with Gasteiger partial charge in [-0.1, -0.05) is 218 Å². The van der Waals surface area contributed by atoms with Crippen LogP contribution in [0.2, 0.25) is 0 Å². The van der Waals surface area contributed by atoms with E-state index in [2.05, 4.69) is 212 Å². The van der Waals surface area contributed by atoms with Crippen LogP contribution >= 0.6 is 0 Å². The number of hydrogen-bond donors (Lipinski definition) is 0. The first-order valence-electron chi connectivity index (χ1n) is 22.7. The van der Waals surface area contributed by atoms with Crippen LogP contribution < -0.4 is 0 Å². The lowest BCUT2D eigenvalue weighted by Gasteiger charge is -2.13. The zero-order valence-electron chi connectivity index (χ0n) is 36.3. The normalized spacial score (nSPS) is 11.6. The van der Waals surface area contributed by atoms with Crippen molar-refractivity contribution in [3.63, 3.8) is 0 Å². The Morgan fingerprint density at radius 1 is 0.239 bits per heavy atom. The summed E-state index contributed by atoms with van der Waals surface area (Å²) in [6.07, 6.45) is 0. The minimum absolute atomic E-state index is 0.579. The number of aromatic nitrogens is 3. The zero-order valence-corrected chi connectivity index (χ0v) is 36.3. The molecule has 0 unspecified atom stereocenters. The standard InChI is InChI=1S/C63H39N3O/c1-3-14-40(15-4-1)42-28-30-44(31-29-42)46-18-11-19-47(38-46)49-24-12-25-55-59-56(26-13-27-58(59)67-60(49)55)63-65-61(45-34-32-43(33-35-45)41-16-5-2-6-17-41)64-62(66-63)48-36-37-54-52-22-8-7-20-50(52)51-21-9-10-23-53(51)57(54)39-48/h1-39H. The van der Waals surface area contributed by atoms with Gasteiger partial charge in [-0.25, -0.2) is 15.0 Å². The molecule has 0 aliphatic carbocycles. The van der Waals surface area contributed by atoms with Crippen LogP contribution in [0.15, 0.2) is 241 Å². The SMILES string of the molecule is c1ccc(-c2ccc(-c3cccc(-c4cccc5c4oc4cccc(-c6nc(-c7ccc(-c8ccccc8)cc7)nc(-c7ccc8c9ccccc9c9ccccc9c8c7)n6)c45)c3)cc2)cc1. The van der Waals surface area contributed by atoms with Crippen molar-refractivity contribution < 1.29 is 4.42 Å². The van der Waals surface area contributed by atoms with Gasteiger partial charge in [-0.05, 0) is 89.5 Å². The Hall–Kier alpha value is -8.99. The van der Waals surface area contributed by atoms with Crippen LogP contribution in [0.1, 0.15) is 0 Å². The van der Waals surface area contributed by atoms with Crippen molar-refractivity contribution in [3.8, 4) is 78.7 Å². The molecular formula is C63H39N3O. The molecule has 0 atom stereocenters. The van der Waals surface area contributed by atoms with Gasteiger partial charge in [0.05, 0.1) is 0 Å². The van der Waals surface area contributed by atoms with Gasteiger partial charge in [-0.3, -0.25) is 0 Å². The highest BCUT2D eigenvalue weighted by Gasteiger charge is 2.21. The summed E-state index contributed by atoms with van der Waals surface area (Å²) in [6.45, 7) is 0. The predicted octanol–water partition coefficient (Wildman–Crippen LogP) is 16.9. The molecular weight excluding hydrogens is 815 g/mol. The number of para-hydroxylation sites is 1. The molecule has 13 aromatic rings. The summed E-state index contributed by atoms with van der Waals surface area (Å²) in [5, 5.41) is 9.20. The Morgan fingerprint density at radius 2 is 0.657 bits per heavy atom. The van der Waals surface area contributed by atoms with Crippen LogP contribution in [0.4, 0.5) is 0 Å². The van der Waals surface area contributed by atoms with E-state index in [0.717, 1.165) is 77.4 Å². The first-order valence-corrected chi connectivity index (χ1v) is 22.7. The summed E-state index contributed by atoms with van der Waals surface area (Å²) < 4.78 is 6.85. The highest BCUT2D eigenvalue weighted by Crippen LogP contribution is 2.42. The molecule has 0 spiro atoms. The maximum atomic E-state index is 6.85. The monoisotopic (exact) mass is 853 g/mol. The maximum absolute atomic E-state index is 6.85. The van der Waals surface area contributed by atoms with Gasteiger partial charge in [0.25, 0.3) is 0 Å². The first kappa shape index (κ1) is 38.5. The lowest BCUT2D eigenvalue weighted by Crippen LogP contribution is -2.00. The van der Waals surface area contributed by atoms with Gasteiger partial charge in [0.2, 0.25) is 0 Å². The van der Waals surface area contributed by atoms with E-state index in [1.54, 1.807) is 0 Å². The Balaban J connectivity index is 0.961. The molecule has 67 heavy (non-hydrogen) atoms. The summed E-state index contributed by atoms with van der Waals surface area (Å²) in [6, 6.07) is 83.4. The third-order valence-electron chi connectivity index (χ3n) is 13.2. The second-order valence-electron chi connectivity index (χ2n) is 17.1. The van der Waals surface area contributed by atoms with E-state index in [9.17, 15) is 0 Å². The van der Waals surface area contributed by atoms with E-state index in [1.165, 1.54) is 38.1 Å². The summed E-state index contributed by atoms with van der Waals surface area (Å²) in [5.41, 5.74) is 13.4. The van der Waals surface area contributed by atoms with Crippen molar-refractivity contribution in [3.05, 3.63) is 237 Å². The molecule has 0 radical (unpaired) electrons. The highest BCUT2D eigenvalue weighted by molar-refractivity contribution is 6.25. The number of rotatable bonds is 7. The zero-order chi connectivity index (χ0) is 44.3. The van der Waals surface area contributed by atoms with Gasteiger partial charge >= 0.3 is 0 Å². The molecule has 0 N–H and O–H groups in total. The molecule has 0 amide bonds. The topological polar surface area (TPSA) is 51.8 Å². The lowest BCUT2D eigenvalue weighted by atomic mass is 9.93. The fourth-order valence-corrected chi connectivity index (χ4v) is 9.86. The molecule has 2 aromatic heterocycles. The van der Waals surface area contributed by atoms with Gasteiger partial charge in [0.1, 0.15) is 11.2 Å². The third-order valence-corrected chi connectivity index (χ3v) is 13.2. The Bertz CT molecular complexity index is 3970. The Morgan fingerprint density at radius 3 is 1.30 bits per heavy atom. The summed E-state index contributed by atoms with van der Waals surface area (Å²) in [5.74, 6) is 1.78. The number of fused-ring (bicyclic) bond motifs is 9. The van der Waals surface area contributed by atoms with Crippen LogP contribution in [-0.4, -0.2) is 15.0 Å². The van der Waals surface area contributed by atoms with Gasteiger partial charge in [0, 0.05) is 33.0 Å². The molecule has 0 aliphatic heterocycles. The van der Waals surface area contributed by atoms with Crippen molar-refractivity contribution >= 4 is 54.3 Å². The van der Waals surface area contributed by atoms with Crippen molar-refractivity contribution in [2.75, 3.05) is 0 Å². The van der Waals surface area contributed by atoms with E-state index in [1.807, 2.05) is 24.3 Å². The fourth-order valence-electron chi connectivity index (χ4n) is 9.86. The molecule has 13 rings (SSSR count). The number of nitrogens with zero attached hydrogens (tertiary/aromatic N) is 3. The van der Waals surface area contributed by atoms with Gasteiger partial charge in [0.15, 0.2) is 17.5 Å². The molecule has 0 saturated heterocycles. The maximum Gasteiger partial charge on any atom is 0.164 e. The van der Waals surface area contributed by atoms with Gasteiger partial charge in [-0.15, -0.1) is 0 Å². The van der Waals surface area contributed by atoms with Crippen molar-refractivity contribution in [2.45, 2.75) is 0 Å². The van der Waals surface area contributed by atoms with Crippen LogP contribution in [0.25, 0.3) is 133 Å². The lowest BCUT2D eigenvalue weighted by molar-refractivity contribution is 0.670. The fraction of sp³-hybridized carbons (Fsp3) is 0. The Labute approximate surface area is 387 Å². The number of furan rings is 1. The molecule has 4 nitrogen and oxygen atoms in total. The predicted molar refractivity (Wildman–Crippen MR) is 278 cm³/mol. The van der Waals surface area contributed by atoms with E-state index in [0.29, 0.717) is 17.5 Å². The molecule has 0 saturated carbocycles. The average Bonchev–Trinajstić information content (AvgIpc) is 3.81. The largest absolute Gasteiger partial charge is 0.455 e. The summed E-state index contributed by atoms with van der Waals surface area (Å²) >= 11 is 0. The highest BCUT2D eigenvalue weighted by atomic mass is 16.3. The molecule has 0 aliphatic rings. The van der Waals surface area contributed by atoms with Crippen LogP contribution in [0.3, 0.4) is 0 Å². The minimum Gasteiger partial charge on any atom is -0.455 e. The van der Waals surface area contributed by atoms with E-state index < -0.39 is 0 Å². The van der Waals surface area contributed by atoms with Crippen molar-refractivity contribution in [1.29, 1.82) is 0 Å². The second kappa shape index (κ2) is 15.9. The number of hydrogen-bond acceptors (Lipinski definition) is 4. The summed E-state index contributed by atoms with van der Waals surface area (Å²) in [7, 11) is 0. The van der Waals surface area contributed by atoms with Crippen molar-refractivity contribution in [2.24, 2.45) is 0 Å². The smallest absolute Gasteiger partial charge is 0.164 e. The molecule has 11 aromatic carbocycles. The first-order chi connectivity index (χ1) is 33.2. The van der Waals surface area contributed by atoms with Gasteiger partial charge in [-0.2, -0.15) is 0 Å². The van der Waals surface area contributed by atoms with E-state index in [-0.39, 0.29) is 0 Å². The van der Waals surface area contributed by atoms with E-state index >= 15 is 0 Å². The molecule has 0 bridgehead atoms. The van der Waals surface area contributed by atoms with Gasteiger partial charge < -0.3 is 4.42 Å². The van der Waals surface area contributed by atoms with Crippen LogP contribution in [0, 0.1) is 0 Å². The average molecular weight is 854 g/mol. The molecule has 2 heterocycles. The van der Waals surface area contributed by atoms with Crippen LogP contribution in [0.5, 0.6) is 0 Å². The molecule has 312 valence electrons. The van der Waals surface area contributed by atoms with Crippen molar-refractivity contribution in [1.82, 2.24) is 15.0 Å². The van der Waals surface area contributed by atoms with Crippen LogP contribution in [-0.2, 0) is 0 Å². The second-order valence-corrected chi connectivity index (χ2v) is 17.1. The Kier molecular flexibility index (Phi) is 9.14. The molecule has 0 fully saturated rings. The minimum atomic E-state index is 0.579.